The normalized spacial score (nSPS) is 19.3. The van der Waals surface area contributed by atoms with Crippen LogP contribution in [0.3, 0.4) is 0 Å². The molecule has 0 aliphatic carbocycles. The van der Waals surface area contributed by atoms with Gasteiger partial charge in [0, 0.05) is 37.4 Å². The molecule has 1 fully saturated rings. The first-order chi connectivity index (χ1) is 23.0. The third kappa shape index (κ3) is 8.25. The summed E-state index contributed by atoms with van der Waals surface area (Å²) in [5.41, 5.74) is 6.87. The van der Waals surface area contributed by atoms with Crippen molar-refractivity contribution in [1.82, 2.24) is 30.8 Å². The van der Waals surface area contributed by atoms with Crippen LogP contribution in [0.4, 0.5) is 4.79 Å². The first kappa shape index (κ1) is 32.4. The van der Waals surface area contributed by atoms with Crippen LogP contribution in [0.25, 0.3) is 11.1 Å². The van der Waals surface area contributed by atoms with Crippen molar-refractivity contribution in [2.24, 2.45) is 13.0 Å². The molecule has 2 amide bonds. The van der Waals surface area contributed by atoms with Crippen LogP contribution in [0.1, 0.15) is 47.1 Å². The molecule has 1 aliphatic heterocycles. The minimum Gasteiger partial charge on any atom is -0.392 e. The standard InChI is InChI=1S/C36H38N6O4S/c1-24-32(23-47-36-39-40-41-42(36)2)45-34(46-33(24)28-16-14-26(22-43)15-17-28)31-13-7-12-30(19-31)29-11-6-10-27(18-29)21-38-35(44)37-20-25-8-4-3-5-9-25/h3-19,24,32-34,43H,20-23H2,1-2H3,(H2,37,38,44). The molecule has 3 N–H and O–H groups in total. The maximum absolute atomic E-state index is 12.4. The zero-order valence-corrected chi connectivity index (χ0v) is 27.1. The first-order valence-electron chi connectivity index (χ1n) is 15.6. The van der Waals surface area contributed by atoms with Gasteiger partial charge in [0.15, 0.2) is 6.29 Å². The van der Waals surface area contributed by atoms with E-state index in [4.69, 9.17) is 9.47 Å². The third-order valence-corrected chi connectivity index (χ3v) is 9.35. The molecule has 4 unspecified atom stereocenters. The highest BCUT2D eigenvalue weighted by Crippen LogP contribution is 2.43. The summed E-state index contributed by atoms with van der Waals surface area (Å²) in [6, 6.07) is 33.8. The molecule has 4 aromatic carbocycles. The molecule has 6 rings (SSSR count). The van der Waals surface area contributed by atoms with Crippen molar-refractivity contribution in [3.05, 3.63) is 131 Å². The molecule has 4 atom stereocenters. The summed E-state index contributed by atoms with van der Waals surface area (Å²) in [4.78, 5) is 12.4. The number of carbonyl (C=O) groups excluding carboxylic acids is 1. The van der Waals surface area contributed by atoms with Crippen molar-refractivity contribution >= 4 is 17.8 Å². The SMILES string of the molecule is CC1C(CSc2nnnn2C)OC(c2cccc(-c3cccc(CNC(=O)NCc4ccccc4)c3)c2)OC1c1ccc(CO)cc1. The predicted molar refractivity (Wildman–Crippen MR) is 180 cm³/mol. The van der Waals surface area contributed by atoms with Crippen LogP contribution in [0.5, 0.6) is 0 Å². The molecule has 5 aromatic rings. The zero-order valence-electron chi connectivity index (χ0n) is 26.3. The van der Waals surface area contributed by atoms with E-state index >= 15 is 0 Å². The number of amides is 2. The van der Waals surface area contributed by atoms with Gasteiger partial charge in [-0.1, -0.05) is 110 Å². The van der Waals surface area contributed by atoms with Crippen molar-refractivity contribution in [2.75, 3.05) is 5.75 Å². The number of ether oxygens (including phenoxy) is 2. The summed E-state index contributed by atoms with van der Waals surface area (Å²) >= 11 is 1.55. The van der Waals surface area contributed by atoms with Gasteiger partial charge in [0.1, 0.15) is 0 Å². The van der Waals surface area contributed by atoms with E-state index in [1.54, 1.807) is 16.4 Å². The van der Waals surface area contributed by atoms with Gasteiger partial charge in [-0.2, -0.15) is 0 Å². The lowest BCUT2D eigenvalue weighted by Gasteiger charge is -2.41. The molecular formula is C36H38N6O4S. The molecule has 0 spiro atoms. The summed E-state index contributed by atoms with van der Waals surface area (Å²) in [6.07, 6.45) is -0.977. The third-order valence-electron chi connectivity index (χ3n) is 8.25. The molecule has 242 valence electrons. The van der Waals surface area contributed by atoms with Crippen LogP contribution in [-0.4, -0.2) is 43.2 Å². The summed E-state index contributed by atoms with van der Waals surface area (Å²) in [7, 11) is 1.82. The van der Waals surface area contributed by atoms with Crippen molar-refractivity contribution in [2.45, 2.75) is 50.3 Å². The number of hydrogen-bond acceptors (Lipinski definition) is 8. The molecule has 2 heterocycles. The summed E-state index contributed by atoms with van der Waals surface area (Å²) < 4.78 is 15.0. The van der Waals surface area contributed by atoms with Gasteiger partial charge in [0.2, 0.25) is 5.16 Å². The van der Waals surface area contributed by atoms with Crippen molar-refractivity contribution in [3.63, 3.8) is 0 Å². The highest BCUT2D eigenvalue weighted by molar-refractivity contribution is 7.99. The summed E-state index contributed by atoms with van der Waals surface area (Å²) in [5, 5.41) is 28.0. The van der Waals surface area contributed by atoms with E-state index in [1.165, 1.54) is 0 Å². The molecular weight excluding hydrogens is 613 g/mol. The Morgan fingerprint density at radius 3 is 2.26 bits per heavy atom. The van der Waals surface area contributed by atoms with Crippen LogP contribution in [0, 0.1) is 5.92 Å². The number of hydrogen-bond donors (Lipinski definition) is 3. The first-order valence-corrected chi connectivity index (χ1v) is 16.6. The lowest BCUT2D eigenvalue weighted by Crippen LogP contribution is -2.38. The number of aryl methyl sites for hydroxylation is 1. The van der Waals surface area contributed by atoms with E-state index in [0.29, 0.717) is 18.8 Å². The number of nitrogens with one attached hydrogen (secondary N) is 2. The topological polar surface area (TPSA) is 123 Å². The van der Waals surface area contributed by atoms with Crippen LogP contribution in [0.15, 0.2) is 108 Å². The fourth-order valence-corrected chi connectivity index (χ4v) is 6.57. The fraction of sp³-hybridized carbons (Fsp3) is 0.278. The van der Waals surface area contributed by atoms with Crippen molar-refractivity contribution in [1.29, 1.82) is 0 Å². The Morgan fingerprint density at radius 2 is 1.53 bits per heavy atom. The van der Waals surface area contributed by atoms with Gasteiger partial charge in [0.05, 0.1) is 18.8 Å². The van der Waals surface area contributed by atoms with Gasteiger partial charge in [-0.15, -0.1) is 5.10 Å². The monoisotopic (exact) mass is 650 g/mol. The predicted octanol–water partition coefficient (Wildman–Crippen LogP) is 5.95. The van der Waals surface area contributed by atoms with E-state index in [9.17, 15) is 9.90 Å². The minimum atomic E-state index is -0.602. The largest absolute Gasteiger partial charge is 0.392 e. The van der Waals surface area contributed by atoms with Gasteiger partial charge in [-0.25, -0.2) is 9.48 Å². The van der Waals surface area contributed by atoms with E-state index in [2.05, 4.69) is 57.3 Å². The van der Waals surface area contributed by atoms with E-state index in [-0.39, 0.29) is 30.8 Å². The Kier molecular flexibility index (Phi) is 10.6. The number of urea groups is 1. The lowest BCUT2D eigenvalue weighted by atomic mass is 9.91. The number of benzene rings is 4. The number of thioether (sulfide) groups is 1. The molecule has 0 saturated carbocycles. The Morgan fingerprint density at radius 1 is 0.830 bits per heavy atom. The van der Waals surface area contributed by atoms with Crippen LogP contribution in [0.2, 0.25) is 0 Å². The number of carbonyl (C=O) groups is 1. The summed E-state index contributed by atoms with van der Waals surface area (Å²) in [6.45, 7) is 3.00. The maximum Gasteiger partial charge on any atom is 0.315 e. The Bertz CT molecular complexity index is 1770. The number of aromatic nitrogens is 4. The molecule has 0 radical (unpaired) electrons. The second-order valence-electron chi connectivity index (χ2n) is 11.6. The van der Waals surface area contributed by atoms with Crippen LogP contribution < -0.4 is 10.6 Å². The molecule has 11 heteroatoms. The number of nitrogens with zero attached hydrogens (tertiary/aromatic N) is 4. The highest BCUT2D eigenvalue weighted by atomic mass is 32.2. The Balaban J connectivity index is 1.17. The molecule has 0 bridgehead atoms. The number of rotatable bonds is 11. The molecule has 1 aromatic heterocycles. The minimum absolute atomic E-state index is 0.0103. The van der Waals surface area contributed by atoms with Crippen molar-refractivity contribution in [3.8, 4) is 11.1 Å². The molecule has 1 aliphatic rings. The van der Waals surface area contributed by atoms with Gasteiger partial charge >= 0.3 is 6.03 Å². The maximum atomic E-state index is 12.4. The van der Waals surface area contributed by atoms with Crippen molar-refractivity contribution < 1.29 is 19.4 Å². The zero-order chi connectivity index (χ0) is 32.6. The highest BCUT2D eigenvalue weighted by Gasteiger charge is 2.38. The Labute approximate surface area is 278 Å². The molecule has 47 heavy (non-hydrogen) atoms. The smallest absolute Gasteiger partial charge is 0.315 e. The van der Waals surface area contributed by atoms with Gasteiger partial charge < -0.3 is 25.2 Å². The van der Waals surface area contributed by atoms with Crippen LogP contribution >= 0.6 is 11.8 Å². The molecule has 1 saturated heterocycles. The van der Waals surface area contributed by atoms with Crippen LogP contribution in [-0.2, 0) is 36.2 Å². The lowest BCUT2D eigenvalue weighted by molar-refractivity contribution is -0.268. The van der Waals surface area contributed by atoms with E-state index < -0.39 is 6.29 Å². The van der Waals surface area contributed by atoms with E-state index in [1.807, 2.05) is 85.9 Å². The summed E-state index contributed by atoms with van der Waals surface area (Å²) in [5.74, 6) is 0.686. The second-order valence-corrected chi connectivity index (χ2v) is 12.6. The van der Waals surface area contributed by atoms with Gasteiger partial charge in [-0.05, 0) is 55.9 Å². The fourth-order valence-electron chi connectivity index (χ4n) is 5.56. The molecule has 10 nitrogen and oxygen atoms in total. The van der Waals surface area contributed by atoms with Gasteiger partial charge in [0.25, 0.3) is 0 Å². The second kappa shape index (κ2) is 15.4. The number of aliphatic hydroxyl groups excluding tert-OH is 1. The quantitative estimate of drug-likeness (QED) is 0.150. The number of aliphatic hydroxyl groups is 1. The average molecular weight is 651 g/mol. The Hall–Kier alpha value is -4.55. The average Bonchev–Trinajstić information content (AvgIpc) is 3.54. The van der Waals surface area contributed by atoms with E-state index in [0.717, 1.165) is 44.1 Å². The van der Waals surface area contributed by atoms with Gasteiger partial charge in [-0.3, -0.25) is 0 Å². The number of tetrazole rings is 1.